The van der Waals surface area contributed by atoms with Crippen LogP contribution in [0.2, 0.25) is 0 Å². The molecule has 176 valence electrons. The van der Waals surface area contributed by atoms with Crippen molar-refractivity contribution < 1.29 is 37.8 Å². The Morgan fingerprint density at radius 2 is 1.71 bits per heavy atom. The minimum Gasteiger partial charge on any atom is -0.480 e. The molecular weight excluding hydrogens is 417 g/mol. The Labute approximate surface area is 179 Å². The molecule has 3 saturated carbocycles. The second-order valence-electron chi connectivity index (χ2n) is 9.58. The number of piperidine rings is 1. The lowest BCUT2D eigenvalue weighted by Crippen LogP contribution is -2.51. The number of halogens is 3. The Kier molecular flexibility index (Phi) is 7.18. The number of carbonyl (C=O) groups is 3. The van der Waals surface area contributed by atoms with E-state index in [2.05, 4.69) is 10.2 Å². The largest absolute Gasteiger partial charge is 0.490 e. The number of carboxylic acids is 2. The van der Waals surface area contributed by atoms with Crippen LogP contribution in [0.15, 0.2) is 0 Å². The summed E-state index contributed by atoms with van der Waals surface area (Å²) in [5.41, 5.74) is -1.13. The van der Waals surface area contributed by atoms with Gasteiger partial charge in [0.1, 0.15) is 5.41 Å². The first-order chi connectivity index (χ1) is 14.5. The van der Waals surface area contributed by atoms with E-state index in [0.717, 1.165) is 38.1 Å². The first kappa shape index (κ1) is 23.8. The predicted octanol–water partition coefficient (Wildman–Crippen LogP) is 2.75. The van der Waals surface area contributed by atoms with E-state index in [9.17, 15) is 27.9 Å². The smallest absolute Gasteiger partial charge is 0.480 e. The van der Waals surface area contributed by atoms with Crippen molar-refractivity contribution in [1.29, 1.82) is 0 Å². The van der Waals surface area contributed by atoms with Crippen molar-refractivity contribution in [3.05, 3.63) is 0 Å². The van der Waals surface area contributed by atoms with Gasteiger partial charge in [0.15, 0.2) is 0 Å². The summed E-state index contributed by atoms with van der Waals surface area (Å²) in [7, 11) is 0. The van der Waals surface area contributed by atoms with Crippen molar-refractivity contribution in [1.82, 2.24) is 10.2 Å². The highest BCUT2D eigenvalue weighted by Gasteiger charge is 2.60. The molecule has 4 atom stereocenters. The second kappa shape index (κ2) is 9.34. The van der Waals surface area contributed by atoms with Crippen LogP contribution >= 0.6 is 0 Å². The fourth-order valence-corrected chi connectivity index (χ4v) is 5.51. The molecule has 0 aromatic rings. The van der Waals surface area contributed by atoms with Gasteiger partial charge in [0, 0.05) is 19.6 Å². The maximum atomic E-state index is 12.8. The molecule has 0 aromatic carbocycles. The number of nitrogens with zero attached hydrogens (tertiary/aromatic N) is 1. The van der Waals surface area contributed by atoms with Crippen molar-refractivity contribution in [3.8, 4) is 0 Å². The number of rotatable bonds is 6. The zero-order valence-electron chi connectivity index (χ0n) is 17.5. The summed E-state index contributed by atoms with van der Waals surface area (Å²) < 4.78 is 31.7. The van der Waals surface area contributed by atoms with Crippen LogP contribution in [0, 0.1) is 29.1 Å². The van der Waals surface area contributed by atoms with Gasteiger partial charge in [0.25, 0.3) is 0 Å². The van der Waals surface area contributed by atoms with Crippen molar-refractivity contribution in [3.63, 3.8) is 0 Å². The minimum atomic E-state index is -5.08. The summed E-state index contributed by atoms with van der Waals surface area (Å²) in [5.74, 6) is -1.98. The average molecular weight is 448 g/mol. The highest BCUT2D eigenvalue weighted by atomic mass is 19.4. The molecule has 10 heteroatoms. The summed E-state index contributed by atoms with van der Waals surface area (Å²) in [4.78, 5) is 36.2. The monoisotopic (exact) mass is 448 g/mol. The van der Waals surface area contributed by atoms with Crippen molar-refractivity contribution in [2.24, 2.45) is 29.1 Å². The third kappa shape index (κ3) is 5.70. The lowest BCUT2D eigenvalue weighted by atomic mass is 9.72. The van der Waals surface area contributed by atoms with Crippen LogP contribution in [0.25, 0.3) is 0 Å². The van der Waals surface area contributed by atoms with Gasteiger partial charge in [0.05, 0.1) is 0 Å². The molecule has 3 aliphatic carbocycles. The van der Waals surface area contributed by atoms with Crippen LogP contribution < -0.4 is 5.32 Å². The van der Waals surface area contributed by atoms with E-state index in [4.69, 9.17) is 9.90 Å². The van der Waals surface area contributed by atoms with Gasteiger partial charge < -0.3 is 20.4 Å². The predicted molar refractivity (Wildman–Crippen MR) is 104 cm³/mol. The van der Waals surface area contributed by atoms with Gasteiger partial charge in [-0.15, -0.1) is 0 Å². The maximum absolute atomic E-state index is 12.8. The van der Waals surface area contributed by atoms with Crippen LogP contribution in [-0.4, -0.2) is 65.3 Å². The highest BCUT2D eigenvalue weighted by molar-refractivity contribution is 6.02. The quantitative estimate of drug-likeness (QED) is 0.540. The molecule has 4 aliphatic rings. The van der Waals surface area contributed by atoms with E-state index in [-0.39, 0.29) is 11.8 Å². The van der Waals surface area contributed by atoms with Gasteiger partial charge in [-0.05, 0) is 75.2 Å². The number of likely N-dealkylation sites (tertiary alicyclic amines) is 1. The summed E-state index contributed by atoms with van der Waals surface area (Å²) in [6.07, 6.45) is 3.50. The number of carboxylic acid groups (broad SMARTS) is 2. The third-order valence-corrected chi connectivity index (χ3v) is 7.25. The molecule has 31 heavy (non-hydrogen) atoms. The van der Waals surface area contributed by atoms with Crippen LogP contribution in [-0.2, 0) is 14.4 Å². The zero-order chi connectivity index (χ0) is 22.8. The molecule has 2 bridgehead atoms. The minimum absolute atomic E-state index is 0.0534. The first-order valence-corrected chi connectivity index (χ1v) is 11.1. The Morgan fingerprint density at radius 3 is 2.19 bits per heavy atom. The van der Waals surface area contributed by atoms with E-state index in [0.29, 0.717) is 24.8 Å². The van der Waals surface area contributed by atoms with Crippen molar-refractivity contribution >= 4 is 17.8 Å². The van der Waals surface area contributed by atoms with Crippen LogP contribution in [0.4, 0.5) is 13.2 Å². The van der Waals surface area contributed by atoms with Gasteiger partial charge in [-0.2, -0.15) is 13.2 Å². The average Bonchev–Trinajstić information content (AvgIpc) is 3.26. The number of hydrogen-bond donors (Lipinski definition) is 3. The van der Waals surface area contributed by atoms with Gasteiger partial charge in [-0.25, -0.2) is 4.79 Å². The standard InChI is InChI=1S/C19H30N2O3.C2HF3O2/c22-17(19(18(23)24)9-14-5-6-16(19)8-14)20-10-15-2-1-7-21(12-15)11-13-3-4-13;3-2(4,5)1(6)7/h13-16H,1-12H2,(H,20,22)(H,23,24);(H,6,7). The van der Waals surface area contributed by atoms with E-state index in [1.807, 2.05) is 0 Å². The van der Waals surface area contributed by atoms with Crippen LogP contribution in [0.5, 0.6) is 0 Å². The molecule has 4 fully saturated rings. The molecule has 0 radical (unpaired) electrons. The molecule has 1 saturated heterocycles. The van der Waals surface area contributed by atoms with Gasteiger partial charge in [-0.1, -0.05) is 6.42 Å². The Bertz CT molecular complexity index is 697. The lowest BCUT2D eigenvalue weighted by Gasteiger charge is -2.35. The summed E-state index contributed by atoms with van der Waals surface area (Å²) in [6.45, 7) is 4.10. The Morgan fingerprint density at radius 1 is 1.03 bits per heavy atom. The summed E-state index contributed by atoms with van der Waals surface area (Å²) in [5, 5.41) is 19.9. The molecule has 1 aliphatic heterocycles. The van der Waals surface area contributed by atoms with E-state index in [1.165, 1.54) is 32.4 Å². The van der Waals surface area contributed by atoms with E-state index in [1.54, 1.807) is 0 Å². The van der Waals surface area contributed by atoms with Crippen LogP contribution in [0.3, 0.4) is 0 Å². The number of carbonyl (C=O) groups excluding carboxylic acids is 1. The van der Waals surface area contributed by atoms with Gasteiger partial charge >= 0.3 is 18.1 Å². The molecule has 3 N–H and O–H groups in total. The Balaban J connectivity index is 0.000000339. The molecule has 7 nitrogen and oxygen atoms in total. The topological polar surface area (TPSA) is 107 Å². The molecule has 0 spiro atoms. The number of fused-ring (bicyclic) bond motifs is 2. The number of aliphatic carboxylic acids is 2. The normalized spacial score (nSPS) is 32.8. The van der Waals surface area contributed by atoms with Crippen LogP contribution in [0.1, 0.15) is 51.4 Å². The van der Waals surface area contributed by atoms with Crippen molar-refractivity contribution in [2.45, 2.75) is 57.5 Å². The number of hydrogen-bond acceptors (Lipinski definition) is 4. The third-order valence-electron chi connectivity index (χ3n) is 7.25. The van der Waals surface area contributed by atoms with Gasteiger partial charge in [0.2, 0.25) is 5.91 Å². The van der Waals surface area contributed by atoms with E-state index >= 15 is 0 Å². The van der Waals surface area contributed by atoms with E-state index < -0.39 is 23.5 Å². The van der Waals surface area contributed by atoms with Crippen molar-refractivity contribution in [2.75, 3.05) is 26.2 Å². The molecule has 0 aromatic heterocycles. The molecule has 4 rings (SSSR count). The SMILES string of the molecule is O=C(O)C(F)(F)F.O=C(O)C1(C(=O)NCC2CCCN(CC3CC3)C2)CC2CCC1C2. The number of amides is 1. The fraction of sp³-hybridized carbons (Fsp3) is 0.857. The highest BCUT2D eigenvalue weighted by Crippen LogP contribution is 2.56. The first-order valence-electron chi connectivity index (χ1n) is 11.1. The van der Waals surface area contributed by atoms with Gasteiger partial charge in [-0.3, -0.25) is 9.59 Å². The fourth-order valence-electron chi connectivity index (χ4n) is 5.51. The summed E-state index contributed by atoms with van der Waals surface area (Å²) >= 11 is 0. The summed E-state index contributed by atoms with van der Waals surface area (Å²) in [6, 6.07) is 0. The number of alkyl halides is 3. The maximum Gasteiger partial charge on any atom is 0.490 e. The number of nitrogens with one attached hydrogen (secondary N) is 1. The molecular formula is C21H31F3N2O5. The lowest BCUT2D eigenvalue weighted by molar-refractivity contribution is -0.192. The molecule has 4 unspecified atom stereocenters. The Hall–Kier alpha value is -1.84. The molecule has 1 amide bonds. The molecule has 1 heterocycles. The second-order valence-corrected chi connectivity index (χ2v) is 9.58. The zero-order valence-corrected chi connectivity index (χ0v) is 17.5.